The third-order valence-corrected chi connectivity index (χ3v) is 2.44. The van der Waals surface area contributed by atoms with Gasteiger partial charge in [0.25, 0.3) is 5.91 Å². The van der Waals surface area contributed by atoms with Gasteiger partial charge in [0, 0.05) is 6.54 Å². The van der Waals surface area contributed by atoms with Crippen LogP contribution in [0.4, 0.5) is 0 Å². The van der Waals surface area contributed by atoms with Crippen LogP contribution in [0.15, 0.2) is 0 Å². The molecule has 5 heteroatoms. The van der Waals surface area contributed by atoms with Crippen molar-refractivity contribution in [1.82, 2.24) is 4.90 Å². The first-order chi connectivity index (χ1) is 7.07. The van der Waals surface area contributed by atoms with E-state index in [9.17, 15) is 14.7 Å². The van der Waals surface area contributed by atoms with E-state index < -0.39 is 24.0 Å². The molecule has 1 fully saturated rings. The molecule has 0 aliphatic carbocycles. The number of esters is 1. The van der Waals surface area contributed by atoms with E-state index in [0.29, 0.717) is 19.6 Å². The Kier molecular flexibility index (Phi) is 4.08. The fourth-order valence-electron chi connectivity index (χ4n) is 1.75. The highest BCUT2D eigenvalue weighted by molar-refractivity contribution is 5.87. The molecule has 1 radical (unpaired) electrons. The molecule has 15 heavy (non-hydrogen) atoms. The summed E-state index contributed by atoms with van der Waals surface area (Å²) >= 11 is 0. The van der Waals surface area contributed by atoms with Crippen molar-refractivity contribution in [2.24, 2.45) is 0 Å². The SMILES string of the molecule is CCOC(=O)C1CCCN1C(=O)C(C)[O]. The number of hydrogen-bond donors (Lipinski definition) is 0. The van der Waals surface area contributed by atoms with Gasteiger partial charge in [-0.2, -0.15) is 0 Å². The summed E-state index contributed by atoms with van der Waals surface area (Å²) in [6.45, 7) is 3.79. The maximum atomic E-state index is 11.5. The fraction of sp³-hybridized carbons (Fsp3) is 0.800. The lowest BCUT2D eigenvalue weighted by atomic mass is 10.2. The molecule has 1 amide bonds. The Bertz CT molecular complexity index is 252. The summed E-state index contributed by atoms with van der Waals surface area (Å²) in [5.74, 6) is -0.908. The molecule has 0 aromatic heterocycles. The minimum Gasteiger partial charge on any atom is -0.464 e. The largest absolute Gasteiger partial charge is 0.464 e. The molecule has 1 rings (SSSR count). The van der Waals surface area contributed by atoms with Crippen molar-refractivity contribution in [3.63, 3.8) is 0 Å². The number of carbonyl (C=O) groups is 2. The zero-order valence-corrected chi connectivity index (χ0v) is 9.06. The van der Waals surface area contributed by atoms with Crippen molar-refractivity contribution in [3.8, 4) is 0 Å². The van der Waals surface area contributed by atoms with Gasteiger partial charge in [-0.25, -0.2) is 9.90 Å². The molecule has 2 unspecified atom stereocenters. The van der Waals surface area contributed by atoms with Crippen molar-refractivity contribution in [1.29, 1.82) is 0 Å². The molecule has 2 atom stereocenters. The molecule has 1 aliphatic heterocycles. The molecular weight excluding hydrogens is 198 g/mol. The summed E-state index contributed by atoms with van der Waals surface area (Å²) in [6.07, 6.45) is 0.0409. The third-order valence-electron chi connectivity index (χ3n) is 2.44. The highest BCUT2D eigenvalue weighted by Crippen LogP contribution is 2.19. The predicted molar refractivity (Wildman–Crippen MR) is 51.5 cm³/mol. The van der Waals surface area contributed by atoms with Crippen molar-refractivity contribution in [3.05, 3.63) is 0 Å². The molecule has 0 spiro atoms. The minimum absolute atomic E-state index is 0.296. The summed E-state index contributed by atoms with van der Waals surface area (Å²) in [4.78, 5) is 24.3. The molecule has 0 saturated carbocycles. The Hall–Kier alpha value is -1.10. The Morgan fingerprint density at radius 1 is 1.53 bits per heavy atom. The van der Waals surface area contributed by atoms with Crippen LogP contribution in [0.2, 0.25) is 0 Å². The van der Waals surface area contributed by atoms with Crippen LogP contribution in [0.1, 0.15) is 26.7 Å². The smallest absolute Gasteiger partial charge is 0.328 e. The quantitative estimate of drug-likeness (QED) is 0.637. The van der Waals surface area contributed by atoms with Gasteiger partial charge >= 0.3 is 5.97 Å². The lowest BCUT2D eigenvalue weighted by Gasteiger charge is -2.23. The number of ether oxygens (including phenoxy) is 1. The van der Waals surface area contributed by atoms with Crippen LogP contribution >= 0.6 is 0 Å². The standard InChI is InChI=1S/C10H16NO4/c1-3-15-10(14)8-5-4-6-11(8)9(13)7(2)12/h7-8H,3-6H2,1-2H3. The Morgan fingerprint density at radius 2 is 2.20 bits per heavy atom. The molecule has 1 aliphatic rings. The Morgan fingerprint density at radius 3 is 2.73 bits per heavy atom. The monoisotopic (exact) mass is 214 g/mol. The second-order valence-corrected chi connectivity index (χ2v) is 3.58. The molecule has 0 N–H and O–H groups in total. The molecule has 85 valence electrons. The molecule has 1 saturated heterocycles. The van der Waals surface area contributed by atoms with Gasteiger partial charge in [-0.05, 0) is 26.7 Å². The van der Waals surface area contributed by atoms with Crippen molar-refractivity contribution in [2.45, 2.75) is 38.8 Å². The maximum Gasteiger partial charge on any atom is 0.328 e. The molecule has 0 bridgehead atoms. The topological polar surface area (TPSA) is 66.5 Å². The Labute approximate surface area is 89.0 Å². The number of hydrogen-bond acceptors (Lipinski definition) is 3. The van der Waals surface area contributed by atoms with Crippen LogP contribution in [-0.2, 0) is 19.4 Å². The maximum absolute atomic E-state index is 11.5. The number of likely N-dealkylation sites (tertiary alicyclic amines) is 1. The molecule has 0 aromatic rings. The molecule has 1 heterocycles. The van der Waals surface area contributed by atoms with Gasteiger partial charge in [0.15, 0.2) is 6.10 Å². The summed E-state index contributed by atoms with van der Waals surface area (Å²) < 4.78 is 4.85. The van der Waals surface area contributed by atoms with Gasteiger partial charge in [-0.1, -0.05) is 0 Å². The van der Waals surface area contributed by atoms with E-state index in [0.717, 1.165) is 6.42 Å². The molecular formula is C10H16NO4. The fourth-order valence-corrected chi connectivity index (χ4v) is 1.75. The van der Waals surface area contributed by atoms with E-state index in [1.165, 1.54) is 11.8 Å². The second-order valence-electron chi connectivity index (χ2n) is 3.58. The lowest BCUT2D eigenvalue weighted by Crippen LogP contribution is -2.45. The van der Waals surface area contributed by atoms with Crippen molar-refractivity contribution in [2.75, 3.05) is 13.2 Å². The van der Waals surface area contributed by atoms with E-state index in [-0.39, 0.29) is 0 Å². The first kappa shape index (κ1) is 12.0. The third kappa shape index (κ3) is 2.68. The van der Waals surface area contributed by atoms with E-state index in [2.05, 4.69) is 0 Å². The van der Waals surface area contributed by atoms with Crippen molar-refractivity contribution >= 4 is 11.9 Å². The zero-order chi connectivity index (χ0) is 11.4. The first-order valence-corrected chi connectivity index (χ1v) is 5.20. The van der Waals surface area contributed by atoms with Gasteiger partial charge in [-0.3, -0.25) is 4.79 Å². The van der Waals surface area contributed by atoms with Crippen LogP contribution in [-0.4, -0.2) is 42.1 Å². The van der Waals surface area contributed by atoms with Gasteiger partial charge in [0.05, 0.1) is 6.61 Å². The van der Waals surface area contributed by atoms with Crippen molar-refractivity contribution < 1.29 is 19.4 Å². The lowest BCUT2D eigenvalue weighted by molar-refractivity contribution is -0.156. The highest BCUT2D eigenvalue weighted by atomic mass is 16.5. The van der Waals surface area contributed by atoms with E-state index in [1.807, 2.05) is 0 Å². The second kappa shape index (κ2) is 5.11. The van der Waals surface area contributed by atoms with Gasteiger partial charge in [-0.15, -0.1) is 0 Å². The number of amides is 1. The van der Waals surface area contributed by atoms with Crippen LogP contribution in [0, 0.1) is 0 Å². The zero-order valence-electron chi connectivity index (χ0n) is 9.06. The summed E-state index contributed by atoms with van der Waals surface area (Å²) in [6, 6.07) is -0.547. The molecule has 5 nitrogen and oxygen atoms in total. The van der Waals surface area contributed by atoms with E-state index >= 15 is 0 Å². The number of carbonyl (C=O) groups excluding carboxylic acids is 2. The summed E-state index contributed by atoms with van der Waals surface area (Å²) in [5.41, 5.74) is 0. The Balaban J connectivity index is 2.64. The van der Waals surface area contributed by atoms with Crippen LogP contribution in [0.25, 0.3) is 0 Å². The summed E-state index contributed by atoms with van der Waals surface area (Å²) in [7, 11) is 0. The predicted octanol–water partition coefficient (Wildman–Crippen LogP) is 0.359. The highest BCUT2D eigenvalue weighted by Gasteiger charge is 2.36. The summed E-state index contributed by atoms with van der Waals surface area (Å²) in [5, 5.41) is 11.0. The number of nitrogens with zero attached hydrogens (tertiary/aromatic N) is 1. The van der Waals surface area contributed by atoms with Gasteiger partial charge in [0.2, 0.25) is 0 Å². The first-order valence-electron chi connectivity index (χ1n) is 5.20. The normalized spacial score (nSPS) is 22.6. The van der Waals surface area contributed by atoms with E-state index in [1.54, 1.807) is 6.92 Å². The molecule has 0 aromatic carbocycles. The minimum atomic E-state index is -1.31. The van der Waals surface area contributed by atoms with Gasteiger partial charge < -0.3 is 9.64 Å². The van der Waals surface area contributed by atoms with E-state index in [4.69, 9.17) is 4.74 Å². The van der Waals surface area contributed by atoms with Crippen LogP contribution in [0.3, 0.4) is 0 Å². The number of rotatable bonds is 3. The van der Waals surface area contributed by atoms with Gasteiger partial charge in [0.1, 0.15) is 6.04 Å². The average Bonchev–Trinajstić information content (AvgIpc) is 2.65. The van der Waals surface area contributed by atoms with Crippen LogP contribution in [0.5, 0.6) is 0 Å². The average molecular weight is 214 g/mol. The van der Waals surface area contributed by atoms with Crippen LogP contribution < -0.4 is 0 Å².